The third kappa shape index (κ3) is 3.62. The Morgan fingerprint density at radius 3 is 2.43 bits per heavy atom. The molecule has 0 aliphatic carbocycles. The van der Waals surface area contributed by atoms with Gasteiger partial charge in [0.25, 0.3) is 11.8 Å². The van der Waals surface area contributed by atoms with Crippen molar-refractivity contribution in [3.8, 4) is 0 Å². The molecule has 0 bridgehead atoms. The summed E-state index contributed by atoms with van der Waals surface area (Å²) in [6.07, 6.45) is 1.41. The highest BCUT2D eigenvalue weighted by atomic mass is 35.5. The summed E-state index contributed by atoms with van der Waals surface area (Å²) in [4.78, 5) is 28.3. The van der Waals surface area contributed by atoms with E-state index in [1.54, 1.807) is 28.0 Å². The molecule has 1 atom stereocenters. The molecule has 2 heterocycles. The van der Waals surface area contributed by atoms with Gasteiger partial charge in [-0.25, -0.2) is 0 Å². The topological polar surface area (TPSA) is 49.9 Å². The number of amides is 2. The van der Waals surface area contributed by atoms with E-state index < -0.39 is 0 Å². The summed E-state index contributed by atoms with van der Waals surface area (Å²) in [5.41, 5.74) is 0.401. The average molecular weight is 357 g/mol. The highest BCUT2D eigenvalue weighted by Crippen LogP contribution is 2.23. The SMILES string of the molecule is O=C(c1cc(Cl)ccc1Cl)N1CCN(C(=O)C2CCCO2)CC1. The van der Waals surface area contributed by atoms with Gasteiger partial charge in [0.05, 0.1) is 10.6 Å². The van der Waals surface area contributed by atoms with Crippen LogP contribution in [-0.2, 0) is 9.53 Å². The molecule has 1 aromatic rings. The number of piperazine rings is 1. The Hall–Kier alpha value is -1.30. The fourth-order valence-corrected chi connectivity index (χ4v) is 3.31. The van der Waals surface area contributed by atoms with Gasteiger partial charge in [0, 0.05) is 37.8 Å². The summed E-state index contributed by atoms with van der Waals surface area (Å²) < 4.78 is 5.44. The highest BCUT2D eigenvalue weighted by molar-refractivity contribution is 6.35. The summed E-state index contributed by atoms with van der Waals surface area (Å²) in [7, 11) is 0. The second-order valence-corrected chi connectivity index (χ2v) is 6.59. The Morgan fingerprint density at radius 2 is 1.78 bits per heavy atom. The number of hydrogen-bond acceptors (Lipinski definition) is 3. The molecule has 2 fully saturated rings. The molecule has 2 amide bonds. The van der Waals surface area contributed by atoms with Crippen molar-refractivity contribution in [1.29, 1.82) is 0 Å². The van der Waals surface area contributed by atoms with E-state index in [0.717, 1.165) is 12.8 Å². The summed E-state index contributed by atoms with van der Waals surface area (Å²) in [6, 6.07) is 4.85. The minimum absolute atomic E-state index is 0.0374. The zero-order chi connectivity index (χ0) is 16.4. The van der Waals surface area contributed by atoms with Gasteiger partial charge < -0.3 is 14.5 Å². The average Bonchev–Trinajstić information content (AvgIpc) is 3.10. The number of hydrogen-bond donors (Lipinski definition) is 0. The van der Waals surface area contributed by atoms with Crippen molar-refractivity contribution in [2.75, 3.05) is 32.8 Å². The zero-order valence-corrected chi connectivity index (χ0v) is 14.1. The van der Waals surface area contributed by atoms with E-state index in [9.17, 15) is 9.59 Å². The smallest absolute Gasteiger partial charge is 0.255 e. The standard InChI is InChI=1S/C16H18Cl2N2O3/c17-11-3-4-13(18)12(10-11)15(21)19-5-7-20(8-6-19)16(22)14-2-1-9-23-14/h3-4,10,14H,1-2,5-9H2. The second-order valence-electron chi connectivity index (χ2n) is 5.74. The molecule has 5 nitrogen and oxygen atoms in total. The minimum atomic E-state index is -0.306. The van der Waals surface area contributed by atoms with Crippen LogP contribution in [0.4, 0.5) is 0 Å². The van der Waals surface area contributed by atoms with Crippen molar-refractivity contribution >= 4 is 35.0 Å². The van der Waals surface area contributed by atoms with E-state index in [-0.39, 0.29) is 17.9 Å². The van der Waals surface area contributed by atoms with Crippen LogP contribution in [0.2, 0.25) is 10.0 Å². The first-order valence-corrected chi connectivity index (χ1v) is 8.46. The van der Waals surface area contributed by atoms with E-state index in [2.05, 4.69) is 0 Å². The van der Waals surface area contributed by atoms with Gasteiger partial charge >= 0.3 is 0 Å². The van der Waals surface area contributed by atoms with Gasteiger partial charge in [0.1, 0.15) is 6.10 Å². The molecule has 23 heavy (non-hydrogen) atoms. The van der Waals surface area contributed by atoms with Gasteiger partial charge in [-0.15, -0.1) is 0 Å². The minimum Gasteiger partial charge on any atom is -0.368 e. The number of rotatable bonds is 2. The van der Waals surface area contributed by atoms with Gasteiger partial charge in [0.2, 0.25) is 0 Å². The Labute approximate surface area is 145 Å². The molecule has 0 aromatic heterocycles. The van der Waals surface area contributed by atoms with E-state index >= 15 is 0 Å². The summed E-state index contributed by atoms with van der Waals surface area (Å²) in [5.74, 6) is -0.114. The molecule has 2 aliphatic heterocycles. The quantitative estimate of drug-likeness (QED) is 0.817. The van der Waals surface area contributed by atoms with Crippen molar-refractivity contribution in [1.82, 2.24) is 9.80 Å². The molecule has 0 N–H and O–H groups in total. The predicted octanol–water partition coefficient (Wildman–Crippen LogP) is 2.46. The molecule has 124 valence electrons. The summed E-state index contributed by atoms with van der Waals surface area (Å²) in [6.45, 7) is 2.66. The molecular formula is C16H18Cl2N2O3. The largest absolute Gasteiger partial charge is 0.368 e. The van der Waals surface area contributed by atoms with Crippen LogP contribution in [-0.4, -0.2) is 60.5 Å². The van der Waals surface area contributed by atoms with E-state index in [1.807, 2.05) is 0 Å². The van der Waals surface area contributed by atoms with E-state index in [0.29, 0.717) is 48.4 Å². The molecule has 2 aliphatic rings. The molecule has 0 spiro atoms. The van der Waals surface area contributed by atoms with Gasteiger partial charge in [-0.1, -0.05) is 23.2 Å². The molecule has 1 unspecified atom stereocenters. The van der Waals surface area contributed by atoms with Crippen molar-refractivity contribution in [3.63, 3.8) is 0 Å². The Kier molecular flexibility index (Phi) is 5.09. The Bertz CT molecular complexity index is 609. The maximum atomic E-state index is 12.6. The molecule has 3 rings (SSSR count). The first-order valence-electron chi connectivity index (χ1n) is 7.71. The van der Waals surface area contributed by atoms with Crippen molar-refractivity contribution in [3.05, 3.63) is 33.8 Å². The fraction of sp³-hybridized carbons (Fsp3) is 0.500. The van der Waals surface area contributed by atoms with Crippen LogP contribution in [0.1, 0.15) is 23.2 Å². The van der Waals surface area contributed by atoms with Gasteiger partial charge in [0.15, 0.2) is 0 Å². The third-order valence-electron chi connectivity index (χ3n) is 4.24. The number of ether oxygens (including phenoxy) is 1. The van der Waals surface area contributed by atoms with Gasteiger partial charge in [-0.2, -0.15) is 0 Å². The molecule has 1 aromatic carbocycles. The molecular weight excluding hydrogens is 339 g/mol. The maximum absolute atomic E-state index is 12.6. The normalized spacial score (nSPS) is 21.6. The molecule has 7 heteroatoms. The lowest BCUT2D eigenvalue weighted by Crippen LogP contribution is -2.52. The lowest BCUT2D eigenvalue weighted by molar-refractivity contribution is -0.142. The highest BCUT2D eigenvalue weighted by Gasteiger charge is 2.31. The van der Waals surface area contributed by atoms with Gasteiger partial charge in [-0.05, 0) is 31.0 Å². The van der Waals surface area contributed by atoms with Crippen LogP contribution < -0.4 is 0 Å². The van der Waals surface area contributed by atoms with Crippen LogP contribution in [0.5, 0.6) is 0 Å². The predicted molar refractivity (Wildman–Crippen MR) is 87.9 cm³/mol. The summed E-state index contributed by atoms with van der Waals surface area (Å²) in [5, 5.41) is 0.863. The number of carbonyl (C=O) groups excluding carboxylic acids is 2. The van der Waals surface area contributed by atoms with Crippen molar-refractivity contribution < 1.29 is 14.3 Å². The number of benzene rings is 1. The van der Waals surface area contributed by atoms with Gasteiger partial charge in [-0.3, -0.25) is 9.59 Å². The first-order chi connectivity index (χ1) is 11.1. The van der Waals surface area contributed by atoms with Crippen LogP contribution >= 0.6 is 23.2 Å². The van der Waals surface area contributed by atoms with Crippen molar-refractivity contribution in [2.45, 2.75) is 18.9 Å². The Morgan fingerprint density at radius 1 is 1.09 bits per heavy atom. The fourth-order valence-electron chi connectivity index (χ4n) is 2.94. The first kappa shape index (κ1) is 16.6. The van der Waals surface area contributed by atoms with Crippen LogP contribution in [0, 0.1) is 0 Å². The Balaban J connectivity index is 1.61. The summed E-state index contributed by atoms with van der Waals surface area (Å²) >= 11 is 12.0. The second kappa shape index (κ2) is 7.07. The third-order valence-corrected chi connectivity index (χ3v) is 4.81. The number of carbonyl (C=O) groups is 2. The lowest BCUT2D eigenvalue weighted by atomic mass is 10.1. The lowest BCUT2D eigenvalue weighted by Gasteiger charge is -2.35. The molecule has 0 radical (unpaired) electrons. The van der Waals surface area contributed by atoms with E-state index in [4.69, 9.17) is 27.9 Å². The number of nitrogens with zero attached hydrogens (tertiary/aromatic N) is 2. The van der Waals surface area contributed by atoms with Crippen LogP contribution in [0.3, 0.4) is 0 Å². The van der Waals surface area contributed by atoms with E-state index in [1.165, 1.54) is 0 Å². The van der Waals surface area contributed by atoms with Crippen LogP contribution in [0.25, 0.3) is 0 Å². The van der Waals surface area contributed by atoms with Crippen LogP contribution in [0.15, 0.2) is 18.2 Å². The maximum Gasteiger partial charge on any atom is 0.255 e. The van der Waals surface area contributed by atoms with Crippen molar-refractivity contribution in [2.24, 2.45) is 0 Å². The zero-order valence-electron chi connectivity index (χ0n) is 12.6. The molecule has 0 saturated carbocycles. The molecule has 2 saturated heterocycles. The number of halogens is 2. The monoisotopic (exact) mass is 356 g/mol.